The molecule has 0 spiro atoms. The second-order valence-electron chi connectivity index (χ2n) is 8.00. The molecule has 1 aliphatic heterocycles. The Bertz CT molecular complexity index is 828. The first kappa shape index (κ1) is 20.3. The molecule has 0 amide bonds. The number of allylic oxidation sites excluding steroid dienone is 2. The molecule has 3 rings (SSSR count). The predicted molar refractivity (Wildman–Crippen MR) is 110 cm³/mol. The van der Waals surface area contributed by atoms with Crippen molar-refractivity contribution in [2.24, 2.45) is 5.10 Å². The Morgan fingerprint density at radius 1 is 1.32 bits per heavy atom. The van der Waals surface area contributed by atoms with Crippen molar-refractivity contribution < 1.29 is 13.9 Å². The van der Waals surface area contributed by atoms with Crippen LogP contribution in [0.25, 0.3) is 0 Å². The minimum atomic E-state index is -0.907. The molecule has 1 aromatic carbocycles. The minimum absolute atomic E-state index is 0.287. The molecule has 28 heavy (non-hydrogen) atoms. The van der Waals surface area contributed by atoms with Crippen molar-refractivity contribution in [1.29, 1.82) is 0 Å². The molecule has 0 aromatic heterocycles. The highest BCUT2D eigenvalue weighted by atomic mass is 19.1. The Balaban J connectivity index is 2.07. The Morgan fingerprint density at radius 2 is 2.04 bits per heavy atom. The Hall–Kier alpha value is -2.43. The van der Waals surface area contributed by atoms with Crippen molar-refractivity contribution in [3.63, 3.8) is 0 Å². The molecule has 0 saturated carbocycles. The number of benzene rings is 1. The second-order valence-corrected chi connectivity index (χ2v) is 8.00. The van der Waals surface area contributed by atoms with Crippen LogP contribution in [-0.2, 0) is 9.53 Å². The summed E-state index contributed by atoms with van der Waals surface area (Å²) in [6.45, 7) is 6.14. The molecule has 1 aromatic rings. The standard InChI is InChI=1S/C23H29FN2O2/c1-5-6-13-23(14-11-17(2)12-15-23)26-22(3,21(27)28-4)16-20(25-26)18-7-9-19(24)10-8-18/h7-12,14H,5-6,13,15-16H2,1-4H3. The van der Waals surface area contributed by atoms with Gasteiger partial charge in [0.1, 0.15) is 5.82 Å². The molecule has 150 valence electrons. The molecule has 2 aliphatic rings. The molecule has 2 atom stereocenters. The number of hydrogen-bond donors (Lipinski definition) is 0. The fourth-order valence-electron chi connectivity index (χ4n) is 4.13. The van der Waals surface area contributed by atoms with Gasteiger partial charge in [-0.2, -0.15) is 5.10 Å². The van der Waals surface area contributed by atoms with E-state index in [0.29, 0.717) is 6.42 Å². The van der Waals surface area contributed by atoms with E-state index in [2.05, 4.69) is 32.1 Å². The summed E-state index contributed by atoms with van der Waals surface area (Å²) >= 11 is 0. The van der Waals surface area contributed by atoms with E-state index in [1.54, 1.807) is 12.1 Å². The monoisotopic (exact) mass is 384 g/mol. The number of esters is 1. The highest BCUT2D eigenvalue weighted by molar-refractivity contribution is 6.05. The second kappa shape index (κ2) is 7.90. The van der Waals surface area contributed by atoms with E-state index < -0.39 is 5.54 Å². The van der Waals surface area contributed by atoms with Crippen LogP contribution in [0.15, 0.2) is 53.2 Å². The summed E-state index contributed by atoms with van der Waals surface area (Å²) in [5.74, 6) is -0.589. The normalized spacial score (nSPS) is 26.8. The van der Waals surface area contributed by atoms with Crippen molar-refractivity contribution >= 4 is 11.7 Å². The van der Waals surface area contributed by atoms with Crippen LogP contribution in [0, 0.1) is 5.82 Å². The number of unbranched alkanes of at least 4 members (excludes halogenated alkanes) is 1. The molecule has 5 heteroatoms. The number of methoxy groups -OCH3 is 1. The first-order valence-corrected chi connectivity index (χ1v) is 9.93. The maximum Gasteiger partial charge on any atom is 0.333 e. The summed E-state index contributed by atoms with van der Waals surface area (Å²) in [6, 6.07) is 6.29. The number of nitrogens with zero attached hydrogens (tertiary/aromatic N) is 2. The van der Waals surface area contributed by atoms with Crippen molar-refractivity contribution in [2.45, 2.75) is 64.0 Å². The fraction of sp³-hybridized carbons (Fsp3) is 0.478. The number of rotatable bonds is 6. The highest BCUT2D eigenvalue weighted by Crippen LogP contribution is 2.43. The van der Waals surface area contributed by atoms with E-state index in [4.69, 9.17) is 9.84 Å². The Kier molecular flexibility index (Phi) is 5.73. The van der Waals surface area contributed by atoms with Gasteiger partial charge in [-0.25, -0.2) is 9.18 Å². The van der Waals surface area contributed by atoms with Crippen molar-refractivity contribution in [2.75, 3.05) is 7.11 Å². The third-order valence-corrected chi connectivity index (χ3v) is 5.82. The van der Waals surface area contributed by atoms with E-state index in [-0.39, 0.29) is 17.3 Å². The summed E-state index contributed by atoms with van der Waals surface area (Å²) in [6.07, 6.45) is 10.7. The fourth-order valence-corrected chi connectivity index (χ4v) is 4.13. The third kappa shape index (κ3) is 3.62. The average molecular weight is 384 g/mol. The van der Waals surface area contributed by atoms with Crippen molar-refractivity contribution in [1.82, 2.24) is 5.01 Å². The maximum atomic E-state index is 13.4. The van der Waals surface area contributed by atoms with Gasteiger partial charge >= 0.3 is 5.97 Å². The summed E-state index contributed by atoms with van der Waals surface area (Å²) in [4.78, 5) is 12.9. The smallest absolute Gasteiger partial charge is 0.333 e. The largest absolute Gasteiger partial charge is 0.467 e. The summed E-state index contributed by atoms with van der Waals surface area (Å²) in [5.41, 5.74) is 1.55. The zero-order valence-corrected chi connectivity index (χ0v) is 17.2. The first-order valence-electron chi connectivity index (χ1n) is 9.93. The quantitative estimate of drug-likeness (QED) is 0.648. The van der Waals surface area contributed by atoms with E-state index in [1.807, 2.05) is 11.9 Å². The molecule has 1 aliphatic carbocycles. The molecule has 0 bridgehead atoms. The molecule has 0 fully saturated rings. The number of halogens is 1. The van der Waals surface area contributed by atoms with Gasteiger partial charge in [0.2, 0.25) is 0 Å². The predicted octanol–water partition coefficient (Wildman–Crippen LogP) is 5.00. The van der Waals surface area contributed by atoms with Gasteiger partial charge in [0.05, 0.1) is 18.4 Å². The average Bonchev–Trinajstić information content (AvgIpc) is 3.07. The first-order chi connectivity index (χ1) is 13.3. The number of carbonyl (C=O) groups excluding carboxylic acids is 1. The van der Waals surface area contributed by atoms with Crippen molar-refractivity contribution in [3.05, 3.63) is 59.4 Å². The lowest BCUT2D eigenvalue weighted by Gasteiger charge is -2.46. The lowest BCUT2D eigenvalue weighted by atomic mass is 9.80. The van der Waals surface area contributed by atoms with Gasteiger partial charge in [0.25, 0.3) is 0 Å². The molecule has 4 nitrogen and oxygen atoms in total. The topological polar surface area (TPSA) is 41.9 Å². The lowest BCUT2D eigenvalue weighted by molar-refractivity contribution is -0.156. The van der Waals surface area contributed by atoms with Gasteiger partial charge in [0.15, 0.2) is 5.54 Å². The number of ether oxygens (including phenoxy) is 1. The van der Waals surface area contributed by atoms with Crippen LogP contribution in [0.5, 0.6) is 0 Å². The van der Waals surface area contributed by atoms with E-state index in [9.17, 15) is 9.18 Å². The zero-order valence-electron chi connectivity index (χ0n) is 17.2. The molecule has 0 radical (unpaired) electrons. The SMILES string of the molecule is CCCCC1(N2N=C(c3ccc(F)cc3)CC2(C)C(=O)OC)C=CC(C)=CC1. The van der Waals surface area contributed by atoms with Crippen LogP contribution in [0.3, 0.4) is 0 Å². The summed E-state index contributed by atoms with van der Waals surface area (Å²) in [7, 11) is 1.42. The zero-order chi connectivity index (χ0) is 20.4. The van der Waals surface area contributed by atoms with E-state index >= 15 is 0 Å². The summed E-state index contributed by atoms with van der Waals surface area (Å²) in [5, 5.41) is 6.89. The Morgan fingerprint density at radius 3 is 2.61 bits per heavy atom. The molecule has 2 unspecified atom stereocenters. The van der Waals surface area contributed by atoms with Gasteiger partial charge < -0.3 is 4.74 Å². The van der Waals surface area contributed by atoms with E-state index in [0.717, 1.165) is 37.0 Å². The number of carbonyl (C=O) groups is 1. The number of hydrazone groups is 1. The van der Waals surface area contributed by atoms with Gasteiger partial charge in [0, 0.05) is 6.42 Å². The lowest BCUT2D eigenvalue weighted by Crippen LogP contribution is -2.58. The highest BCUT2D eigenvalue weighted by Gasteiger charge is 2.53. The Labute approximate surface area is 166 Å². The van der Waals surface area contributed by atoms with Crippen LogP contribution >= 0.6 is 0 Å². The molecular formula is C23H29FN2O2. The van der Waals surface area contributed by atoms with Crippen LogP contribution in [0.4, 0.5) is 4.39 Å². The van der Waals surface area contributed by atoms with Crippen LogP contribution in [0.1, 0.15) is 58.4 Å². The van der Waals surface area contributed by atoms with Crippen LogP contribution < -0.4 is 0 Å². The van der Waals surface area contributed by atoms with Crippen LogP contribution in [-0.4, -0.2) is 34.9 Å². The van der Waals surface area contributed by atoms with Crippen LogP contribution in [0.2, 0.25) is 0 Å². The van der Waals surface area contributed by atoms with E-state index in [1.165, 1.54) is 24.8 Å². The number of hydrogen-bond acceptors (Lipinski definition) is 4. The maximum absolute atomic E-state index is 13.4. The minimum Gasteiger partial charge on any atom is -0.467 e. The molecule has 0 saturated heterocycles. The molecule has 1 heterocycles. The summed E-state index contributed by atoms with van der Waals surface area (Å²) < 4.78 is 18.6. The molecule has 0 N–H and O–H groups in total. The van der Waals surface area contributed by atoms with Gasteiger partial charge in [-0.3, -0.25) is 5.01 Å². The molecular weight excluding hydrogens is 355 g/mol. The van der Waals surface area contributed by atoms with Gasteiger partial charge in [-0.15, -0.1) is 0 Å². The van der Waals surface area contributed by atoms with Crippen molar-refractivity contribution in [3.8, 4) is 0 Å². The van der Waals surface area contributed by atoms with Gasteiger partial charge in [-0.05, 0) is 44.4 Å². The third-order valence-electron chi connectivity index (χ3n) is 5.82. The van der Waals surface area contributed by atoms with Gasteiger partial charge in [-0.1, -0.05) is 55.7 Å².